The summed E-state index contributed by atoms with van der Waals surface area (Å²) < 4.78 is 27.7. The van der Waals surface area contributed by atoms with Crippen molar-refractivity contribution in [2.75, 3.05) is 21.5 Å². The fraction of sp³-hybridized carbons (Fsp3) is 0.138. The molecule has 36 heavy (non-hydrogen) atoms. The van der Waals surface area contributed by atoms with Crippen molar-refractivity contribution in [3.8, 4) is 0 Å². The lowest BCUT2D eigenvalue weighted by molar-refractivity contribution is 0.102. The van der Waals surface area contributed by atoms with Crippen LogP contribution in [0.2, 0.25) is 0 Å². The van der Waals surface area contributed by atoms with Crippen LogP contribution < -0.4 is 14.9 Å². The van der Waals surface area contributed by atoms with Crippen LogP contribution in [-0.4, -0.2) is 20.9 Å². The van der Waals surface area contributed by atoms with Crippen LogP contribution in [0.4, 0.5) is 17.1 Å². The second kappa shape index (κ2) is 10.3. The Balaban J connectivity index is 1.21. The van der Waals surface area contributed by atoms with Crippen molar-refractivity contribution in [1.82, 2.24) is 0 Å². The van der Waals surface area contributed by atoms with Gasteiger partial charge in [-0.2, -0.15) is 0 Å². The number of sulfonamides is 1. The van der Waals surface area contributed by atoms with E-state index in [1.165, 1.54) is 23.4 Å². The number of amides is 1. The van der Waals surface area contributed by atoms with Crippen LogP contribution in [0.1, 0.15) is 27.9 Å². The van der Waals surface area contributed by atoms with E-state index in [4.69, 9.17) is 0 Å². The first-order valence-electron chi connectivity index (χ1n) is 11.9. The van der Waals surface area contributed by atoms with Gasteiger partial charge in [0.2, 0.25) is 0 Å². The number of rotatable bonds is 7. The van der Waals surface area contributed by atoms with Gasteiger partial charge in [-0.3, -0.25) is 9.52 Å². The molecular weight excluding hydrogens is 470 g/mol. The molecule has 1 aliphatic rings. The Kier molecular flexibility index (Phi) is 6.73. The molecule has 182 valence electrons. The van der Waals surface area contributed by atoms with Gasteiger partial charge in [-0.1, -0.05) is 48.5 Å². The summed E-state index contributed by atoms with van der Waals surface area (Å²) in [6.07, 6.45) is 2.25. The smallest absolute Gasteiger partial charge is 0.261 e. The van der Waals surface area contributed by atoms with Crippen LogP contribution in [0.3, 0.4) is 0 Å². The number of nitrogens with zero attached hydrogens (tertiary/aromatic N) is 1. The number of fused-ring (bicyclic) bond motifs is 1. The average molecular weight is 498 g/mol. The molecule has 0 atom stereocenters. The molecule has 0 saturated carbocycles. The summed E-state index contributed by atoms with van der Waals surface area (Å²) >= 11 is 0. The zero-order valence-electron chi connectivity index (χ0n) is 19.7. The van der Waals surface area contributed by atoms with E-state index in [1.807, 2.05) is 30.3 Å². The number of benzene rings is 4. The Labute approximate surface area is 211 Å². The minimum Gasteiger partial charge on any atom is -0.367 e. The molecule has 6 nitrogen and oxygen atoms in total. The summed E-state index contributed by atoms with van der Waals surface area (Å²) in [6, 6.07) is 31.0. The highest BCUT2D eigenvalue weighted by Gasteiger charge is 2.17. The molecule has 1 heterocycles. The molecule has 0 bridgehead atoms. The third-order valence-electron chi connectivity index (χ3n) is 6.24. The van der Waals surface area contributed by atoms with Crippen molar-refractivity contribution >= 4 is 33.0 Å². The summed E-state index contributed by atoms with van der Waals surface area (Å²) in [6.45, 7) is 1.82. The lowest BCUT2D eigenvalue weighted by Gasteiger charge is -2.31. The molecule has 0 spiro atoms. The largest absolute Gasteiger partial charge is 0.367 e. The summed E-state index contributed by atoms with van der Waals surface area (Å²) in [5, 5.41) is 2.84. The first kappa shape index (κ1) is 23.6. The first-order chi connectivity index (χ1) is 17.5. The van der Waals surface area contributed by atoms with Gasteiger partial charge in [0.05, 0.1) is 4.90 Å². The SMILES string of the molecule is O=C(Nc1ccc(S(=O)(=O)Nc2ccccc2)cc1)c1ccc(CN2CCCc3ccccc32)cc1. The van der Waals surface area contributed by atoms with E-state index in [-0.39, 0.29) is 10.8 Å². The second-order valence-electron chi connectivity index (χ2n) is 8.80. The van der Waals surface area contributed by atoms with Crippen molar-refractivity contribution in [2.45, 2.75) is 24.3 Å². The zero-order valence-corrected chi connectivity index (χ0v) is 20.5. The molecular formula is C29H27N3O3S. The maximum atomic E-state index is 12.7. The molecule has 4 aromatic carbocycles. The number of hydrogen-bond acceptors (Lipinski definition) is 4. The van der Waals surface area contributed by atoms with Gasteiger partial charge in [0.25, 0.3) is 15.9 Å². The average Bonchev–Trinajstić information content (AvgIpc) is 2.90. The van der Waals surface area contributed by atoms with Crippen molar-refractivity contribution in [3.05, 3.63) is 120 Å². The highest BCUT2D eigenvalue weighted by atomic mass is 32.2. The van der Waals surface area contributed by atoms with Gasteiger partial charge in [-0.05, 0) is 78.6 Å². The molecule has 7 heteroatoms. The predicted molar refractivity (Wildman–Crippen MR) is 144 cm³/mol. The van der Waals surface area contributed by atoms with Crippen LogP contribution in [0.25, 0.3) is 0 Å². The van der Waals surface area contributed by atoms with Crippen molar-refractivity contribution in [3.63, 3.8) is 0 Å². The van der Waals surface area contributed by atoms with Crippen LogP contribution in [0.5, 0.6) is 0 Å². The maximum absolute atomic E-state index is 12.7. The highest BCUT2D eigenvalue weighted by Crippen LogP contribution is 2.28. The molecule has 0 aliphatic carbocycles. The zero-order chi connectivity index (χ0) is 25.0. The van der Waals surface area contributed by atoms with Crippen molar-refractivity contribution in [1.29, 1.82) is 0 Å². The third-order valence-corrected chi connectivity index (χ3v) is 7.64. The Morgan fingerprint density at radius 1 is 0.778 bits per heavy atom. The summed E-state index contributed by atoms with van der Waals surface area (Å²) in [5.41, 5.74) is 5.36. The minimum absolute atomic E-state index is 0.119. The minimum atomic E-state index is -3.71. The number of para-hydroxylation sites is 2. The number of nitrogens with one attached hydrogen (secondary N) is 2. The number of aryl methyl sites for hydroxylation is 1. The van der Waals surface area contributed by atoms with Crippen molar-refractivity contribution < 1.29 is 13.2 Å². The van der Waals surface area contributed by atoms with Crippen LogP contribution in [0.15, 0.2) is 108 Å². The van der Waals surface area contributed by atoms with Gasteiger partial charge in [0, 0.05) is 35.7 Å². The topological polar surface area (TPSA) is 78.5 Å². The Hall–Kier alpha value is -4.10. The third kappa shape index (κ3) is 5.42. The molecule has 4 aromatic rings. The lowest BCUT2D eigenvalue weighted by Crippen LogP contribution is -2.28. The lowest BCUT2D eigenvalue weighted by atomic mass is 10.0. The van der Waals surface area contributed by atoms with E-state index in [1.54, 1.807) is 36.4 Å². The number of anilines is 3. The van der Waals surface area contributed by atoms with Gasteiger partial charge in [0.1, 0.15) is 0 Å². The Morgan fingerprint density at radius 2 is 1.47 bits per heavy atom. The number of hydrogen-bond donors (Lipinski definition) is 2. The van der Waals surface area contributed by atoms with E-state index >= 15 is 0 Å². The molecule has 1 amide bonds. The van der Waals surface area contributed by atoms with Gasteiger partial charge < -0.3 is 10.2 Å². The summed E-state index contributed by atoms with van der Waals surface area (Å²) in [4.78, 5) is 15.3. The second-order valence-corrected chi connectivity index (χ2v) is 10.5. The van der Waals surface area contributed by atoms with Crippen LogP contribution in [-0.2, 0) is 23.0 Å². The summed E-state index contributed by atoms with van der Waals surface area (Å²) in [7, 11) is -3.71. The Morgan fingerprint density at radius 3 is 2.22 bits per heavy atom. The van der Waals surface area contributed by atoms with E-state index < -0.39 is 10.0 Å². The normalized spacial score (nSPS) is 13.1. The van der Waals surface area contributed by atoms with Crippen molar-refractivity contribution in [2.24, 2.45) is 0 Å². The van der Waals surface area contributed by atoms with Gasteiger partial charge in [-0.15, -0.1) is 0 Å². The summed E-state index contributed by atoms with van der Waals surface area (Å²) in [5.74, 6) is -0.247. The molecule has 5 rings (SSSR count). The molecule has 0 fully saturated rings. The van der Waals surface area contributed by atoms with E-state index in [0.717, 1.165) is 31.5 Å². The quantitative estimate of drug-likeness (QED) is 0.344. The molecule has 0 aromatic heterocycles. The Bertz CT molecular complexity index is 1450. The molecule has 1 aliphatic heterocycles. The van der Waals surface area contributed by atoms with Gasteiger partial charge >= 0.3 is 0 Å². The molecule has 0 radical (unpaired) electrons. The fourth-order valence-electron chi connectivity index (χ4n) is 4.40. The standard InChI is InChI=1S/C29H27N3O3S/c33-29(30-25-16-18-27(19-17-25)36(34,35)31-26-9-2-1-3-10-26)24-14-12-22(13-15-24)21-32-20-6-8-23-7-4-5-11-28(23)32/h1-5,7,9-19,31H,6,8,20-21H2,(H,30,33). The number of carbonyl (C=O) groups excluding carboxylic acids is 1. The van der Waals surface area contributed by atoms with E-state index in [9.17, 15) is 13.2 Å². The van der Waals surface area contributed by atoms with Gasteiger partial charge in [-0.25, -0.2) is 8.42 Å². The highest BCUT2D eigenvalue weighted by molar-refractivity contribution is 7.92. The fourth-order valence-corrected chi connectivity index (χ4v) is 5.46. The number of carbonyl (C=O) groups is 1. The maximum Gasteiger partial charge on any atom is 0.261 e. The van der Waals surface area contributed by atoms with E-state index in [0.29, 0.717) is 16.9 Å². The van der Waals surface area contributed by atoms with E-state index in [2.05, 4.69) is 39.2 Å². The molecule has 0 unspecified atom stereocenters. The molecule has 2 N–H and O–H groups in total. The molecule has 0 saturated heterocycles. The van der Waals surface area contributed by atoms with Gasteiger partial charge in [0.15, 0.2) is 0 Å². The first-order valence-corrected chi connectivity index (χ1v) is 13.4. The van der Waals surface area contributed by atoms with Crippen LogP contribution in [0, 0.1) is 0 Å². The monoisotopic (exact) mass is 497 g/mol. The van der Waals surface area contributed by atoms with Crippen LogP contribution >= 0.6 is 0 Å². The predicted octanol–water partition coefficient (Wildman–Crippen LogP) is 5.69.